The molecule has 0 bridgehead atoms. The van der Waals surface area contributed by atoms with E-state index in [1.165, 1.54) is 0 Å². The minimum atomic E-state index is -1.40. The highest BCUT2D eigenvalue weighted by Gasteiger charge is 2.48. The lowest BCUT2D eigenvalue weighted by Crippen LogP contribution is -2.52. The molecule has 0 heterocycles. The number of aliphatic hydroxyl groups is 1. The average molecular weight is 130 g/mol. The summed E-state index contributed by atoms with van der Waals surface area (Å²) in [5.74, 6) is -1.16. The first-order valence-electron chi connectivity index (χ1n) is 3.03. The second-order valence-electron chi connectivity index (χ2n) is 2.67. The third-order valence-corrected chi connectivity index (χ3v) is 2.14. The van der Waals surface area contributed by atoms with Gasteiger partial charge in [-0.25, -0.2) is 4.79 Å². The van der Waals surface area contributed by atoms with Crippen molar-refractivity contribution in [3.05, 3.63) is 0 Å². The van der Waals surface area contributed by atoms with Crippen LogP contribution in [-0.2, 0) is 4.79 Å². The molecule has 0 aromatic heterocycles. The van der Waals surface area contributed by atoms with Gasteiger partial charge in [-0.15, -0.1) is 0 Å². The first-order valence-corrected chi connectivity index (χ1v) is 3.03. The van der Waals surface area contributed by atoms with Gasteiger partial charge in [-0.3, -0.25) is 0 Å². The fraction of sp³-hybridized carbons (Fsp3) is 0.833. The largest absolute Gasteiger partial charge is 0.479 e. The highest BCUT2D eigenvalue weighted by Crippen LogP contribution is 2.37. The molecular weight excluding hydrogens is 120 g/mol. The molecule has 1 rings (SSSR count). The third kappa shape index (κ3) is 0.721. The van der Waals surface area contributed by atoms with E-state index in [1.54, 1.807) is 6.92 Å². The number of carboxylic acid groups (broad SMARTS) is 1. The van der Waals surface area contributed by atoms with Gasteiger partial charge in [0.15, 0.2) is 5.60 Å². The van der Waals surface area contributed by atoms with Gasteiger partial charge in [-0.2, -0.15) is 0 Å². The lowest BCUT2D eigenvalue weighted by atomic mass is 9.71. The standard InChI is InChI=1S/C6H10O3/c1-4-2-3-6(4,9)5(7)8/h4,9H,2-3H2,1H3,(H,7,8). The topological polar surface area (TPSA) is 57.5 Å². The predicted octanol–water partition coefficient (Wildman–Crippen LogP) is 0.232. The van der Waals surface area contributed by atoms with Crippen LogP contribution in [0.4, 0.5) is 0 Å². The zero-order chi connectivity index (χ0) is 7.07. The molecule has 2 N–H and O–H groups in total. The Labute approximate surface area is 53.3 Å². The first kappa shape index (κ1) is 6.55. The molecule has 2 atom stereocenters. The summed E-state index contributed by atoms with van der Waals surface area (Å²) in [6.45, 7) is 1.75. The second kappa shape index (κ2) is 1.70. The van der Waals surface area contributed by atoms with E-state index < -0.39 is 11.6 Å². The molecule has 0 amide bonds. The van der Waals surface area contributed by atoms with Crippen molar-refractivity contribution in [3.8, 4) is 0 Å². The molecule has 0 saturated heterocycles. The van der Waals surface area contributed by atoms with Crippen LogP contribution in [0.1, 0.15) is 19.8 Å². The van der Waals surface area contributed by atoms with Gasteiger partial charge in [0.05, 0.1) is 0 Å². The number of carboxylic acids is 1. The van der Waals surface area contributed by atoms with Crippen molar-refractivity contribution in [2.45, 2.75) is 25.4 Å². The Morgan fingerprint density at radius 2 is 2.33 bits per heavy atom. The summed E-state index contributed by atoms with van der Waals surface area (Å²) in [5, 5.41) is 17.6. The van der Waals surface area contributed by atoms with Crippen molar-refractivity contribution in [1.82, 2.24) is 0 Å². The highest BCUT2D eigenvalue weighted by molar-refractivity contribution is 5.78. The Morgan fingerprint density at radius 1 is 1.78 bits per heavy atom. The van der Waals surface area contributed by atoms with E-state index in [1.807, 2.05) is 0 Å². The van der Waals surface area contributed by atoms with Crippen molar-refractivity contribution >= 4 is 5.97 Å². The van der Waals surface area contributed by atoms with Crippen molar-refractivity contribution in [1.29, 1.82) is 0 Å². The molecule has 3 nitrogen and oxygen atoms in total. The molecule has 0 aliphatic heterocycles. The van der Waals surface area contributed by atoms with Crippen molar-refractivity contribution < 1.29 is 15.0 Å². The monoisotopic (exact) mass is 130 g/mol. The maximum Gasteiger partial charge on any atom is 0.335 e. The van der Waals surface area contributed by atoms with E-state index in [4.69, 9.17) is 10.2 Å². The normalized spacial score (nSPS) is 41.8. The Bertz CT molecular complexity index is 143. The van der Waals surface area contributed by atoms with E-state index in [9.17, 15) is 4.79 Å². The second-order valence-corrected chi connectivity index (χ2v) is 2.67. The first-order chi connectivity index (χ1) is 4.07. The van der Waals surface area contributed by atoms with E-state index in [0.717, 1.165) is 6.42 Å². The highest BCUT2D eigenvalue weighted by atomic mass is 16.4. The Morgan fingerprint density at radius 3 is 2.33 bits per heavy atom. The molecule has 2 unspecified atom stereocenters. The fourth-order valence-electron chi connectivity index (χ4n) is 1.02. The lowest BCUT2D eigenvalue weighted by Gasteiger charge is -2.39. The smallest absolute Gasteiger partial charge is 0.335 e. The van der Waals surface area contributed by atoms with Crippen LogP contribution in [0.5, 0.6) is 0 Å². The molecule has 0 aromatic carbocycles. The molecule has 0 radical (unpaired) electrons. The maximum atomic E-state index is 10.3. The molecule has 52 valence electrons. The molecule has 0 spiro atoms. The summed E-state index contributed by atoms with van der Waals surface area (Å²) in [5.41, 5.74) is -1.40. The van der Waals surface area contributed by atoms with E-state index >= 15 is 0 Å². The molecule has 0 aromatic rings. The Hall–Kier alpha value is -0.570. The van der Waals surface area contributed by atoms with Gasteiger partial charge in [0.1, 0.15) is 0 Å². The minimum Gasteiger partial charge on any atom is -0.479 e. The van der Waals surface area contributed by atoms with Gasteiger partial charge < -0.3 is 10.2 Å². The number of hydrogen-bond acceptors (Lipinski definition) is 2. The van der Waals surface area contributed by atoms with Crippen LogP contribution >= 0.6 is 0 Å². The number of carbonyl (C=O) groups is 1. The number of hydrogen-bond donors (Lipinski definition) is 2. The van der Waals surface area contributed by atoms with Crippen LogP contribution in [0, 0.1) is 5.92 Å². The minimum absolute atomic E-state index is 0.0741. The van der Waals surface area contributed by atoms with Gasteiger partial charge in [-0.05, 0) is 18.8 Å². The SMILES string of the molecule is CC1CCC1(O)C(=O)O. The van der Waals surface area contributed by atoms with Crippen molar-refractivity contribution in [3.63, 3.8) is 0 Å². The van der Waals surface area contributed by atoms with E-state index in [0.29, 0.717) is 6.42 Å². The molecule has 9 heavy (non-hydrogen) atoms. The summed E-state index contributed by atoms with van der Waals surface area (Å²) in [6, 6.07) is 0. The summed E-state index contributed by atoms with van der Waals surface area (Å²) in [4.78, 5) is 10.3. The summed E-state index contributed by atoms with van der Waals surface area (Å²) in [7, 11) is 0. The van der Waals surface area contributed by atoms with Crippen LogP contribution in [0.3, 0.4) is 0 Å². The summed E-state index contributed by atoms with van der Waals surface area (Å²) in [6.07, 6.45) is 1.23. The van der Waals surface area contributed by atoms with Gasteiger partial charge >= 0.3 is 5.97 Å². The fourth-order valence-corrected chi connectivity index (χ4v) is 1.02. The molecule has 1 aliphatic rings. The molecule has 3 heteroatoms. The maximum absolute atomic E-state index is 10.3. The van der Waals surface area contributed by atoms with Crippen LogP contribution in [0.25, 0.3) is 0 Å². The van der Waals surface area contributed by atoms with Crippen LogP contribution < -0.4 is 0 Å². The van der Waals surface area contributed by atoms with Gasteiger partial charge in [0, 0.05) is 0 Å². The lowest BCUT2D eigenvalue weighted by molar-refractivity contribution is -0.177. The number of aliphatic carboxylic acids is 1. The van der Waals surface area contributed by atoms with E-state index in [2.05, 4.69) is 0 Å². The van der Waals surface area contributed by atoms with Crippen LogP contribution in [-0.4, -0.2) is 21.8 Å². The van der Waals surface area contributed by atoms with Crippen LogP contribution in [0.2, 0.25) is 0 Å². The Kier molecular flexibility index (Phi) is 1.24. The zero-order valence-corrected chi connectivity index (χ0v) is 5.29. The Balaban J connectivity index is 2.64. The van der Waals surface area contributed by atoms with Gasteiger partial charge in [-0.1, -0.05) is 6.92 Å². The number of rotatable bonds is 1. The molecule has 1 aliphatic carbocycles. The summed E-state index contributed by atoms with van der Waals surface area (Å²) < 4.78 is 0. The van der Waals surface area contributed by atoms with Crippen LogP contribution in [0.15, 0.2) is 0 Å². The van der Waals surface area contributed by atoms with Crippen molar-refractivity contribution in [2.24, 2.45) is 5.92 Å². The zero-order valence-electron chi connectivity index (χ0n) is 5.29. The summed E-state index contributed by atoms with van der Waals surface area (Å²) >= 11 is 0. The van der Waals surface area contributed by atoms with Gasteiger partial charge in [0.25, 0.3) is 0 Å². The van der Waals surface area contributed by atoms with Gasteiger partial charge in [0.2, 0.25) is 0 Å². The molecule has 1 saturated carbocycles. The molecular formula is C6H10O3. The molecule has 1 fully saturated rings. The van der Waals surface area contributed by atoms with E-state index in [-0.39, 0.29) is 5.92 Å². The predicted molar refractivity (Wildman–Crippen MR) is 31.0 cm³/mol. The van der Waals surface area contributed by atoms with Crippen molar-refractivity contribution in [2.75, 3.05) is 0 Å². The quantitative estimate of drug-likeness (QED) is 0.534. The average Bonchev–Trinajstić information content (AvgIpc) is 1.82. The third-order valence-electron chi connectivity index (χ3n) is 2.14.